The van der Waals surface area contributed by atoms with Gasteiger partial charge >= 0.3 is 0 Å². The van der Waals surface area contributed by atoms with E-state index in [4.69, 9.17) is 0 Å². The number of aryl methyl sites for hydroxylation is 1. The Morgan fingerprint density at radius 1 is 1.19 bits per heavy atom. The van der Waals surface area contributed by atoms with Gasteiger partial charge in [0.25, 0.3) is 0 Å². The number of hydrogen-bond donors (Lipinski definition) is 2. The number of hydrogen-bond acceptors (Lipinski definition) is 4. The van der Waals surface area contributed by atoms with Crippen LogP contribution in [0.3, 0.4) is 0 Å². The van der Waals surface area contributed by atoms with Crippen LogP contribution in [-0.2, 0) is 23.1 Å². The number of rotatable bonds is 9. The Bertz CT molecular complexity index is 542. The molecule has 0 saturated heterocycles. The zero-order valence-corrected chi connectivity index (χ0v) is 13.9. The molecule has 120 valence electrons. The average molecular weight is 314 g/mol. The Labute approximate surface area is 128 Å². The van der Waals surface area contributed by atoms with E-state index in [2.05, 4.69) is 9.62 Å². The zero-order valence-electron chi connectivity index (χ0n) is 13.1. The van der Waals surface area contributed by atoms with Gasteiger partial charge in [-0.3, -0.25) is 0 Å². The Balaban J connectivity index is 2.66. The number of aliphatic hydroxyl groups excluding tert-OH is 1. The van der Waals surface area contributed by atoms with E-state index in [1.165, 1.54) is 0 Å². The fraction of sp³-hybridized carbons (Fsp3) is 0.600. The van der Waals surface area contributed by atoms with Gasteiger partial charge in [-0.1, -0.05) is 13.0 Å². The summed E-state index contributed by atoms with van der Waals surface area (Å²) in [6.07, 6.45) is 2.53. The van der Waals surface area contributed by atoms with Crippen molar-refractivity contribution in [2.75, 3.05) is 27.2 Å². The average Bonchev–Trinajstić information content (AvgIpc) is 2.45. The monoisotopic (exact) mass is 314 g/mol. The van der Waals surface area contributed by atoms with Gasteiger partial charge in [-0.25, -0.2) is 13.1 Å². The second kappa shape index (κ2) is 8.48. The maximum atomic E-state index is 12.2. The third kappa shape index (κ3) is 5.74. The van der Waals surface area contributed by atoms with E-state index in [0.717, 1.165) is 31.4 Å². The first kappa shape index (κ1) is 18.1. The second-order valence-corrected chi connectivity index (χ2v) is 7.12. The predicted octanol–water partition coefficient (Wildman–Crippen LogP) is 1.36. The van der Waals surface area contributed by atoms with Crippen molar-refractivity contribution >= 4 is 10.0 Å². The van der Waals surface area contributed by atoms with E-state index in [1.807, 2.05) is 21.0 Å². The van der Waals surface area contributed by atoms with Crippen molar-refractivity contribution in [3.05, 3.63) is 29.3 Å². The molecule has 1 rings (SSSR count). The first-order valence-corrected chi connectivity index (χ1v) is 8.76. The van der Waals surface area contributed by atoms with Crippen molar-refractivity contribution in [3.63, 3.8) is 0 Å². The molecule has 0 aromatic heterocycles. The smallest absolute Gasteiger partial charge is 0.240 e. The molecule has 21 heavy (non-hydrogen) atoms. The van der Waals surface area contributed by atoms with Crippen LogP contribution in [0.25, 0.3) is 0 Å². The minimum Gasteiger partial charge on any atom is -0.392 e. The molecule has 0 fully saturated rings. The maximum absolute atomic E-state index is 12.2. The van der Waals surface area contributed by atoms with Crippen molar-refractivity contribution in [1.82, 2.24) is 9.62 Å². The largest absolute Gasteiger partial charge is 0.392 e. The highest BCUT2D eigenvalue weighted by molar-refractivity contribution is 7.89. The summed E-state index contributed by atoms with van der Waals surface area (Å²) >= 11 is 0. The molecular weight excluding hydrogens is 288 g/mol. The fourth-order valence-electron chi connectivity index (χ4n) is 2.10. The molecule has 1 aromatic carbocycles. The first-order valence-electron chi connectivity index (χ1n) is 7.27. The molecule has 0 aliphatic rings. The van der Waals surface area contributed by atoms with Gasteiger partial charge in [-0.15, -0.1) is 0 Å². The highest BCUT2D eigenvalue weighted by Crippen LogP contribution is 2.17. The number of sulfonamides is 1. The van der Waals surface area contributed by atoms with E-state index in [0.29, 0.717) is 12.1 Å². The molecular formula is C15H26N2O3S. The summed E-state index contributed by atoms with van der Waals surface area (Å²) in [6.45, 7) is 3.21. The van der Waals surface area contributed by atoms with E-state index in [1.54, 1.807) is 18.2 Å². The van der Waals surface area contributed by atoms with E-state index in [-0.39, 0.29) is 11.5 Å². The normalized spacial score (nSPS) is 12.0. The van der Waals surface area contributed by atoms with Gasteiger partial charge in [-0.05, 0) is 63.2 Å². The summed E-state index contributed by atoms with van der Waals surface area (Å²) in [5.74, 6) is 0. The number of benzene rings is 1. The minimum atomic E-state index is -3.49. The third-order valence-electron chi connectivity index (χ3n) is 3.36. The topological polar surface area (TPSA) is 69.6 Å². The van der Waals surface area contributed by atoms with E-state index < -0.39 is 10.0 Å². The number of nitrogens with one attached hydrogen (secondary N) is 1. The van der Waals surface area contributed by atoms with Gasteiger partial charge < -0.3 is 10.0 Å². The number of nitrogens with zero attached hydrogens (tertiary/aromatic N) is 1. The Morgan fingerprint density at radius 3 is 2.48 bits per heavy atom. The van der Waals surface area contributed by atoms with E-state index >= 15 is 0 Å². The molecule has 0 aliphatic heterocycles. The lowest BCUT2D eigenvalue weighted by molar-refractivity contribution is 0.280. The quantitative estimate of drug-likeness (QED) is 0.675. The number of unbranched alkanes of at least 4 members (excludes halogenated alkanes) is 1. The highest BCUT2D eigenvalue weighted by Gasteiger charge is 2.15. The van der Waals surface area contributed by atoms with Gasteiger partial charge in [0.05, 0.1) is 11.5 Å². The van der Waals surface area contributed by atoms with Gasteiger partial charge in [0.2, 0.25) is 10.0 Å². The molecule has 0 unspecified atom stereocenters. The molecule has 0 spiro atoms. The van der Waals surface area contributed by atoms with Crippen molar-refractivity contribution < 1.29 is 13.5 Å². The molecule has 0 amide bonds. The summed E-state index contributed by atoms with van der Waals surface area (Å²) in [6, 6.07) is 4.92. The molecule has 5 nitrogen and oxygen atoms in total. The van der Waals surface area contributed by atoms with Crippen LogP contribution in [0.5, 0.6) is 0 Å². The van der Waals surface area contributed by atoms with Crippen LogP contribution in [0.1, 0.15) is 30.9 Å². The molecule has 0 radical (unpaired) electrons. The Hall–Kier alpha value is -0.950. The van der Waals surface area contributed by atoms with Crippen molar-refractivity contribution in [2.45, 2.75) is 37.7 Å². The molecule has 0 saturated carbocycles. The summed E-state index contributed by atoms with van der Waals surface area (Å²) in [4.78, 5) is 2.29. The van der Waals surface area contributed by atoms with E-state index in [9.17, 15) is 13.5 Å². The van der Waals surface area contributed by atoms with Crippen molar-refractivity contribution in [3.8, 4) is 0 Å². The summed E-state index contributed by atoms with van der Waals surface area (Å²) in [5.41, 5.74) is 1.65. The summed E-state index contributed by atoms with van der Waals surface area (Å²) in [7, 11) is 0.499. The van der Waals surface area contributed by atoms with Crippen LogP contribution in [-0.4, -0.2) is 45.6 Å². The van der Waals surface area contributed by atoms with Crippen LogP contribution in [0, 0.1) is 0 Å². The third-order valence-corrected chi connectivity index (χ3v) is 4.82. The van der Waals surface area contributed by atoms with Gasteiger partial charge in [0, 0.05) is 6.54 Å². The lowest BCUT2D eigenvalue weighted by atomic mass is 10.1. The SMILES string of the molecule is CCc1ccc(S(=O)(=O)NCCCCN(C)C)cc1CO. The zero-order chi connectivity index (χ0) is 15.9. The summed E-state index contributed by atoms with van der Waals surface area (Å²) in [5, 5.41) is 9.32. The first-order chi connectivity index (χ1) is 9.90. The van der Waals surface area contributed by atoms with Crippen LogP contribution in [0.15, 0.2) is 23.1 Å². The van der Waals surface area contributed by atoms with Crippen molar-refractivity contribution in [2.24, 2.45) is 0 Å². The van der Waals surface area contributed by atoms with Gasteiger partial charge in [0.15, 0.2) is 0 Å². The van der Waals surface area contributed by atoms with Gasteiger partial charge in [0.1, 0.15) is 0 Å². The molecule has 2 N–H and O–H groups in total. The molecule has 0 aliphatic carbocycles. The van der Waals surface area contributed by atoms with Gasteiger partial charge in [-0.2, -0.15) is 0 Å². The Kier molecular flexibility index (Phi) is 7.31. The minimum absolute atomic E-state index is 0.143. The fourth-order valence-corrected chi connectivity index (χ4v) is 3.23. The molecule has 6 heteroatoms. The van der Waals surface area contributed by atoms with Crippen molar-refractivity contribution in [1.29, 1.82) is 0 Å². The summed E-state index contributed by atoms with van der Waals surface area (Å²) < 4.78 is 27.0. The molecule has 0 heterocycles. The molecule has 0 bridgehead atoms. The standard InChI is InChI=1S/C15H26N2O3S/c1-4-13-7-8-15(11-14(13)12-18)21(19,20)16-9-5-6-10-17(2)3/h7-8,11,16,18H,4-6,9-10,12H2,1-3H3. The lowest BCUT2D eigenvalue weighted by Crippen LogP contribution is -2.25. The van der Waals surface area contributed by atoms with Crippen LogP contribution in [0.4, 0.5) is 0 Å². The molecule has 1 aromatic rings. The second-order valence-electron chi connectivity index (χ2n) is 5.35. The predicted molar refractivity (Wildman–Crippen MR) is 84.7 cm³/mol. The lowest BCUT2D eigenvalue weighted by Gasteiger charge is -2.11. The highest BCUT2D eigenvalue weighted by atomic mass is 32.2. The van der Waals surface area contributed by atoms with Crippen LogP contribution in [0.2, 0.25) is 0 Å². The van der Waals surface area contributed by atoms with Crippen LogP contribution < -0.4 is 4.72 Å². The maximum Gasteiger partial charge on any atom is 0.240 e. The molecule has 0 atom stereocenters. The Morgan fingerprint density at radius 2 is 1.90 bits per heavy atom. The van der Waals surface area contributed by atoms with Crippen LogP contribution >= 0.6 is 0 Å². The number of aliphatic hydroxyl groups is 1.